The van der Waals surface area contributed by atoms with Gasteiger partial charge in [0, 0.05) is 18.0 Å². The van der Waals surface area contributed by atoms with Crippen LogP contribution in [0.1, 0.15) is 16.8 Å². The second-order valence-corrected chi connectivity index (χ2v) is 3.53. The SMILES string of the molecule is O=C1CCOc2ccc3ncccc3c21. The van der Waals surface area contributed by atoms with Gasteiger partial charge in [-0.15, -0.1) is 0 Å². The van der Waals surface area contributed by atoms with E-state index in [4.69, 9.17) is 4.74 Å². The number of aromatic nitrogens is 1. The maximum atomic E-state index is 11.8. The Kier molecular flexibility index (Phi) is 1.71. The van der Waals surface area contributed by atoms with E-state index in [9.17, 15) is 4.79 Å². The van der Waals surface area contributed by atoms with Gasteiger partial charge in [-0.05, 0) is 18.2 Å². The molecule has 0 N–H and O–H groups in total. The van der Waals surface area contributed by atoms with Gasteiger partial charge in [0.1, 0.15) is 5.75 Å². The van der Waals surface area contributed by atoms with Gasteiger partial charge in [0.25, 0.3) is 0 Å². The number of ketones is 1. The highest BCUT2D eigenvalue weighted by molar-refractivity contribution is 6.10. The Balaban J connectivity index is 2.40. The zero-order valence-electron chi connectivity index (χ0n) is 8.06. The van der Waals surface area contributed by atoms with E-state index in [1.165, 1.54) is 0 Å². The van der Waals surface area contributed by atoms with Crippen molar-refractivity contribution in [2.75, 3.05) is 6.61 Å². The van der Waals surface area contributed by atoms with Crippen LogP contribution in [0.4, 0.5) is 0 Å². The van der Waals surface area contributed by atoms with Crippen LogP contribution >= 0.6 is 0 Å². The van der Waals surface area contributed by atoms with Crippen molar-refractivity contribution in [3.8, 4) is 5.75 Å². The van der Waals surface area contributed by atoms with Crippen molar-refractivity contribution < 1.29 is 9.53 Å². The maximum Gasteiger partial charge on any atom is 0.170 e. The molecule has 2 heterocycles. The summed E-state index contributed by atoms with van der Waals surface area (Å²) in [5, 5.41) is 0.889. The lowest BCUT2D eigenvalue weighted by Crippen LogP contribution is -2.15. The van der Waals surface area contributed by atoms with Crippen molar-refractivity contribution in [2.45, 2.75) is 6.42 Å². The third-order valence-electron chi connectivity index (χ3n) is 2.61. The van der Waals surface area contributed by atoms with E-state index in [1.54, 1.807) is 6.20 Å². The average molecular weight is 199 g/mol. The third kappa shape index (κ3) is 1.20. The van der Waals surface area contributed by atoms with Crippen LogP contribution in [0.5, 0.6) is 5.75 Å². The Hall–Kier alpha value is -1.90. The molecule has 1 aliphatic heterocycles. The quantitative estimate of drug-likeness (QED) is 0.653. The minimum absolute atomic E-state index is 0.148. The zero-order valence-corrected chi connectivity index (χ0v) is 8.06. The number of rotatable bonds is 0. The summed E-state index contributed by atoms with van der Waals surface area (Å²) in [4.78, 5) is 16.0. The summed E-state index contributed by atoms with van der Waals surface area (Å²) in [6.45, 7) is 0.484. The first kappa shape index (κ1) is 8.41. The van der Waals surface area contributed by atoms with Gasteiger partial charge in [-0.1, -0.05) is 6.07 Å². The third-order valence-corrected chi connectivity index (χ3v) is 2.61. The average Bonchev–Trinajstić information content (AvgIpc) is 2.29. The standard InChI is InChI=1S/C12H9NO2/c14-10-5-7-15-11-4-3-9-8(12(10)11)2-1-6-13-9/h1-4,6H,5,7H2. The van der Waals surface area contributed by atoms with E-state index in [2.05, 4.69) is 4.98 Å². The molecule has 1 aromatic heterocycles. The van der Waals surface area contributed by atoms with Crippen molar-refractivity contribution in [1.29, 1.82) is 0 Å². The van der Waals surface area contributed by atoms with Crippen LogP contribution in [0.25, 0.3) is 10.9 Å². The van der Waals surface area contributed by atoms with E-state index >= 15 is 0 Å². The molecule has 3 nitrogen and oxygen atoms in total. The summed E-state index contributed by atoms with van der Waals surface area (Å²) in [5.74, 6) is 0.835. The molecule has 0 saturated heterocycles. The Bertz CT molecular complexity index is 548. The van der Waals surface area contributed by atoms with Crippen LogP contribution in [0, 0.1) is 0 Å². The van der Waals surface area contributed by atoms with Gasteiger partial charge in [-0.25, -0.2) is 0 Å². The Morgan fingerprint density at radius 3 is 3.13 bits per heavy atom. The number of ether oxygens (including phenoxy) is 1. The van der Waals surface area contributed by atoms with Gasteiger partial charge >= 0.3 is 0 Å². The number of benzene rings is 1. The van der Waals surface area contributed by atoms with E-state index in [1.807, 2.05) is 24.3 Å². The molecular weight excluding hydrogens is 190 g/mol. The largest absolute Gasteiger partial charge is 0.492 e. The highest BCUT2D eigenvalue weighted by Gasteiger charge is 2.20. The van der Waals surface area contributed by atoms with Gasteiger partial charge in [0.15, 0.2) is 5.78 Å². The predicted molar refractivity (Wildman–Crippen MR) is 56.2 cm³/mol. The molecule has 15 heavy (non-hydrogen) atoms. The molecule has 0 fully saturated rings. The summed E-state index contributed by atoms with van der Waals surface area (Å²) in [7, 11) is 0. The van der Waals surface area contributed by atoms with Gasteiger partial charge in [0.05, 0.1) is 17.7 Å². The number of Topliss-reactive ketones (excluding diaryl/α,β-unsaturated/α-hetero) is 1. The fourth-order valence-corrected chi connectivity index (χ4v) is 1.92. The van der Waals surface area contributed by atoms with Crippen molar-refractivity contribution in [1.82, 2.24) is 4.98 Å². The van der Waals surface area contributed by atoms with Crippen molar-refractivity contribution in [2.24, 2.45) is 0 Å². The molecule has 74 valence electrons. The molecule has 0 radical (unpaired) electrons. The van der Waals surface area contributed by atoms with Crippen LogP contribution in [0.2, 0.25) is 0 Å². The molecule has 3 rings (SSSR count). The minimum Gasteiger partial charge on any atom is -0.492 e. The number of hydrogen-bond donors (Lipinski definition) is 0. The number of fused-ring (bicyclic) bond motifs is 3. The van der Waals surface area contributed by atoms with Gasteiger partial charge in [-0.2, -0.15) is 0 Å². The summed E-state index contributed by atoms with van der Waals surface area (Å²) in [6, 6.07) is 7.45. The Morgan fingerprint density at radius 2 is 2.20 bits per heavy atom. The van der Waals surface area contributed by atoms with Crippen LogP contribution in [-0.2, 0) is 0 Å². The molecule has 2 aromatic rings. The molecule has 1 aromatic carbocycles. The Labute approximate surface area is 86.7 Å². The highest BCUT2D eigenvalue weighted by atomic mass is 16.5. The lowest BCUT2D eigenvalue weighted by atomic mass is 10.00. The lowest BCUT2D eigenvalue weighted by Gasteiger charge is -2.17. The maximum absolute atomic E-state index is 11.8. The highest BCUT2D eigenvalue weighted by Crippen LogP contribution is 2.30. The second kappa shape index (κ2) is 3.05. The van der Waals surface area contributed by atoms with Gasteiger partial charge < -0.3 is 4.74 Å². The lowest BCUT2D eigenvalue weighted by molar-refractivity contribution is 0.0936. The molecular formula is C12H9NO2. The zero-order chi connectivity index (χ0) is 10.3. The van der Waals surface area contributed by atoms with Crippen LogP contribution in [0.3, 0.4) is 0 Å². The molecule has 0 saturated carbocycles. The molecule has 0 aliphatic carbocycles. The van der Waals surface area contributed by atoms with Gasteiger partial charge in [0.2, 0.25) is 0 Å². The second-order valence-electron chi connectivity index (χ2n) is 3.53. The summed E-state index contributed by atoms with van der Waals surface area (Å²) in [6.07, 6.45) is 2.18. The normalized spacial score (nSPS) is 14.8. The molecule has 0 bridgehead atoms. The summed E-state index contributed by atoms with van der Waals surface area (Å²) < 4.78 is 5.45. The Morgan fingerprint density at radius 1 is 1.27 bits per heavy atom. The predicted octanol–water partition coefficient (Wildman–Crippen LogP) is 2.20. The van der Waals surface area contributed by atoms with Gasteiger partial charge in [-0.3, -0.25) is 9.78 Å². The smallest absolute Gasteiger partial charge is 0.170 e. The molecule has 3 heteroatoms. The van der Waals surface area contributed by atoms with Crippen molar-refractivity contribution in [3.05, 3.63) is 36.0 Å². The van der Waals surface area contributed by atoms with Crippen molar-refractivity contribution in [3.63, 3.8) is 0 Å². The summed E-state index contributed by atoms with van der Waals surface area (Å²) >= 11 is 0. The van der Waals surface area contributed by atoms with Crippen LogP contribution in [0.15, 0.2) is 30.5 Å². The van der Waals surface area contributed by atoms with E-state index in [0.717, 1.165) is 10.9 Å². The topological polar surface area (TPSA) is 39.2 Å². The first-order chi connectivity index (χ1) is 7.36. The number of carbonyl (C=O) groups excluding carboxylic acids is 1. The van der Waals surface area contributed by atoms with E-state index < -0.39 is 0 Å². The van der Waals surface area contributed by atoms with Crippen LogP contribution < -0.4 is 4.74 Å². The molecule has 0 atom stereocenters. The molecule has 0 amide bonds. The molecule has 0 spiro atoms. The summed E-state index contributed by atoms with van der Waals surface area (Å²) in [5.41, 5.74) is 1.53. The number of pyridine rings is 1. The fraction of sp³-hybridized carbons (Fsp3) is 0.167. The monoisotopic (exact) mass is 199 g/mol. The fourth-order valence-electron chi connectivity index (χ4n) is 1.92. The first-order valence-corrected chi connectivity index (χ1v) is 4.90. The first-order valence-electron chi connectivity index (χ1n) is 4.90. The van der Waals surface area contributed by atoms with E-state index in [-0.39, 0.29) is 5.78 Å². The number of carbonyl (C=O) groups is 1. The van der Waals surface area contributed by atoms with Crippen LogP contribution in [-0.4, -0.2) is 17.4 Å². The number of nitrogens with zero attached hydrogens (tertiary/aromatic N) is 1. The van der Waals surface area contributed by atoms with E-state index in [0.29, 0.717) is 24.3 Å². The van der Waals surface area contributed by atoms with Crippen molar-refractivity contribution >= 4 is 16.7 Å². The minimum atomic E-state index is 0.148. The number of hydrogen-bond acceptors (Lipinski definition) is 3. The molecule has 1 aliphatic rings. The molecule has 0 unspecified atom stereocenters.